The number of sulfonamides is 1. The fourth-order valence-corrected chi connectivity index (χ4v) is 4.13. The van der Waals surface area contributed by atoms with Crippen molar-refractivity contribution < 1.29 is 17.7 Å². The molecule has 0 radical (unpaired) electrons. The molecule has 0 N–H and O–H groups in total. The highest BCUT2D eigenvalue weighted by atomic mass is 32.2. The van der Waals surface area contributed by atoms with E-state index >= 15 is 0 Å². The fourth-order valence-electron chi connectivity index (χ4n) is 2.52. The van der Waals surface area contributed by atoms with Crippen LogP contribution in [0.4, 0.5) is 0 Å². The van der Waals surface area contributed by atoms with Crippen molar-refractivity contribution in [2.45, 2.75) is 18.7 Å². The molecular formula is C15H18N2O4S. The molecule has 1 aliphatic heterocycles. The van der Waals surface area contributed by atoms with Gasteiger partial charge in [0.05, 0.1) is 23.8 Å². The molecule has 2 heterocycles. The molecule has 0 spiro atoms. The van der Waals surface area contributed by atoms with E-state index in [0.29, 0.717) is 42.5 Å². The quantitative estimate of drug-likeness (QED) is 0.864. The number of ether oxygens (including phenoxy) is 1. The molecule has 0 atom stereocenters. The molecule has 0 amide bonds. The van der Waals surface area contributed by atoms with Gasteiger partial charge in [0.25, 0.3) is 0 Å². The smallest absolute Gasteiger partial charge is 0.243 e. The standard InChI is InChI=1S/C15H18N2O4S/c1-11-9-13(14-10-12(2)16-21-14)3-4-15(11)22(18,19)17-5-7-20-8-6-17/h3-4,9-10H,5-8H2,1-2H3. The number of morpholine rings is 1. The molecule has 7 heteroatoms. The molecule has 22 heavy (non-hydrogen) atoms. The van der Waals surface area contributed by atoms with Crippen LogP contribution in [0.3, 0.4) is 0 Å². The van der Waals surface area contributed by atoms with Crippen LogP contribution in [0, 0.1) is 13.8 Å². The molecule has 0 saturated carbocycles. The maximum atomic E-state index is 12.7. The van der Waals surface area contributed by atoms with Crippen LogP contribution in [0.25, 0.3) is 11.3 Å². The molecule has 0 aliphatic carbocycles. The summed E-state index contributed by atoms with van der Waals surface area (Å²) in [6, 6.07) is 7.02. The Morgan fingerprint density at radius 2 is 1.86 bits per heavy atom. The van der Waals surface area contributed by atoms with Crippen molar-refractivity contribution in [3.8, 4) is 11.3 Å². The van der Waals surface area contributed by atoms with Gasteiger partial charge in [0.15, 0.2) is 5.76 Å². The minimum atomic E-state index is -3.48. The summed E-state index contributed by atoms with van der Waals surface area (Å²) in [5.41, 5.74) is 2.30. The van der Waals surface area contributed by atoms with E-state index in [2.05, 4.69) is 5.16 Å². The first-order valence-corrected chi connectivity index (χ1v) is 8.55. The van der Waals surface area contributed by atoms with Crippen LogP contribution in [0.15, 0.2) is 33.7 Å². The van der Waals surface area contributed by atoms with Gasteiger partial charge in [0.2, 0.25) is 10.0 Å². The van der Waals surface area contributed by atoms with Crippen LogP contribution in [0.1, 0.15) is 11.3 Å². The lowest BCUT2D eigenvalue weighted by Crippen LogP contribution is -2.40. The summed E-state index contributed by atoms with van der Waals surface area (Å²) >= 11 is 0. The number of hydrogen-bond acceptors (Lipinski definition) is 5. The van der Waals surface area contributed by atoms with E-state index in [1.165, 1.54) is 4.31 Å². The van der Waals surface area contributed by atoms with E-state index in [4.69, 9.17) is 9.26 Å². The number of benzene rings is 1. The van der Waals surface area contributed by atoms with Gasteiger partial charge < -0.3 is 9.26 Å². The number of hydrogen-bond donors (Lipinski definition) is 0. The highest BCUT2D eigenvalue weighted by Crippen LogP contribution is 2.27. The zero-order valence-corrected chi connectivity index (χ0v) is 13.4. The predicted molar refractivity (Wildman–Crippen MR) is 81.0 cm³/mol. The Hall–Kier alpha value is -1.70. The first-order valence-electron chi connectivity index (χ1n) is 7.11. The molecule has 0 bridgehead atoms. The maximum absolute atomic E-state index is 12.7. The normalized spacial score (nSPS) is 16.8. The maximum Gasteiger partial charge on any atom is 0.243 e. The second kappa shape index (κ2) is 5.83. The molecule has 2 aromatic rings. The first kappa shape index (κ1) is 15.2. The van der Waals surface area contributed by atoms with Gasteiger partial charge in [-0.1, -0.05) is 5.16 Å². The van der Waals surface area contributed by atoms with Crippen molar-refractivity contribution in [3.05, 3.63) is 35.5 Å². The van der Waals surface area contributed by atoms with Crippen molar-refractivity contribution in [2.75, 3.05) is 26.3 Å². The third-order valence-corrected chi connectivity index (χ3v) is 5.73. The average Bonchev–Trinajstić information content (AvgIpc) is 2.94. The predicted octanol–water partition coefficient (Wildman–Crippen LogP) is 1.98. The number of rotatable bonds is 3. The lowest BCUT2D eigenvalue weighted by atomic mass is 10.1. The van der Waals surface area contributed by atoms with Gasteiger partial charge in [-0.25, -0.2) is 8.42 Å². The van der Waals surface area contributed by atoms with Crippen LogP contribution in [0.5, 0.6) is 0 Å². The molecule has 0 unspecified atom stereocenters. The van der Waals surface area contributed by atoms with Crippen molar-refractivity contribution >= 4 is 10.0 Å². The Morgan fingerprint density at radius 1 is 1.14 bits per heavy atom. The van der Waals surface area contributed by atoms with Crippen molar-refractivity contribution in [3.63, 3.8) is 0 Å². The monoisotopic (exact) mass is 322 g/mol. The summed E-state index contributed by atoms with van der Waals surface area (Å²) < 4.78 is 37.3. The molecule has 1 aromatic carbocycles. The van der Waals surface area contributed by atoms with Gasteiger partial charge in [0, 0.05) is 24.7 Å². The second-order valence-electron chi connectivity index (χ2n) is 5.33. The van der Waals surface area contributed by atoms with Crippen LogP contribution >= 0.6 is 0 Å². The highest BCUT2D eigenvalue weighted by molar-refractivity contribution is 7.89. The number of nitrogens with zero attached hydrogens (tertiary/aromatic N) is 2. The summed E-state index contributed by atoms with van der Waals surface area (Å²) in [7, 11) is -3.48. The summed E-state index contributed by atoms with van der Waals surface area (Å²) in [6.45, 7) is 5.30. The summed E-state index contributed by atoms with van der Waals surface area (Å²) in [4.78, 5) is 0.328. The average molecular weight is 322 g/mol. The van der Waals surface area contributed by atoms with E-state index in [9.17, 15) is 8.42 Å². The minimum Gasteiger partial charge on any atom is -0.379 e. The summed E-state index contributed by atoms with van der Waals surface area (Å²) in [5.74, 6) is 0.635. The zero-order chi connectivity index (χ0) is 15.7. The van der Waals surface area contributed by atoms with Gasteiger partial charge in [-0.15, -0.1) is 0 Å². The molecular weight excluding hydrogens is 304 g/mol. The fraction of sp³-hybridized carbons (Fsp3) is 0.400. The lowest BCUT2D eigenvalue weighted by Gasteiger charge is -2.26. The summed E-state index contributed by atoms with van der Waals surface area (Å²) in [5, 5.41) is 3.85. The molecule has 6 nitrogen and oxygen atoms in total. The van der Waals surface area contributed by atoms with Crippen molar-refractivity contribution in [2.24, 2.45) is 0 Å². The van der Waals surface area contributed by atoms with Crippen LogP contribution < -0.4 is 0 Å². The largest absolute Gasteiger partial charge is 0.379 e. The van der Waals surface area contributed by atoms with Crippen molar-refractivity contribution in [1.82, 2.24) is 9.46 Å². The first-order chi connectivity index (χ1) is 10.5. The molecule has 3 rings (SSSR count). The number of aromatic nitrogens is 1. The Kier molecular flexibility index (Phi) is 4.03. The minimum absolute atomic E-state index is 0.328. The van der Waals surface area contributed by atoms with E-state index in [0.717, 1.165) is 11.3 Å². The van der Waals surface area contributed by atoms with Gasteiger partial charge >= 0.3 is 0 Å². The van der Waals surface area contributed by atoms with E-state index in [1.807, 2.05) is 19.1 Å². The Morgan fingerprint density at radius 3 is 2.45 bits per heavy atom. The van der Waals surface area contributed by atoms with E-state index in [1.54, 1.807) is 19.1 Å². The Balaban J connectivity index is 1.95. The Labute approximate surface area is 129 Å². The number of aryl methyl sites for hydroxylation is 2. The SMILES string of the molecule is Cc1cc(-c2ccc(S(=O)(=O)N3CCOCC3)c(C)c2)on1. The molecule has 1 aromatic heterocycles. The van der Waals surface area contributed by atoms with Gasteiger partial charge in [-0.3, -0.25) is 0 Å². The van der Waals surface area contributed by atoms with Gasteiger partial charge in [-0.2, -0.15) is 4.31 Å². The third-order valence-electron chi connectivity index (χ3n) is 3.68. The highest BCUT2D eigenvalue weighted by Gasteiger charge is 2.27. The topological polar surface area (TPSA) is 72.6 Å². The van der Waals surface area contributed by atoms with Crippen LogP contribution in [-0.2, 0) is 14.8 Å². The third kappa shape index (κ3) is 2.79. The second-order valence-corrected chi connectivity index (χ2v) is 7.24. The molecule has 1 fully saturated rings. The molecule has 1 aliphatic rings. The van der Waals surface area contributed by atoms with E-state index in [-0.39, 0.29) is 0 Å². The summed E-state index contributed by atoms with van der Waals surface area (Å²) in [6.07, 6.45) is 0. The van der Waals surface area contributed by atoms with Crippen molar-refractivity contribution in [1.29, 1.82) is 0 Å². The molecule has 1 saturated heterocycles. The van der Waals surface area contributed by atoms with Gasteiger partial charge in [-0.05, 0) is 37.6 Å². The van der Waals surface area contributed by atoms with Crippen LogP contribution in [0.2, 0.25) is 0 Å². The Bertz CT molecular complexity index is 777. The van der Waals surface area contributed by atoms with Gasteiger partial charge in [0.1, 0.15) is 0 Å². The van der Waals surface area contributed by atoms with Crippen LogP contribution in [-0.4, -0.2) is 44.2 Å². The van der Waals surface area contributed by atoms with E-state index < -0.39 is 10.0 Å². The molecule has 118 valence electrons. The lowest BCUT2D eigenvalue weighted by molar-refractivity contribution is 0.0730. The zero-order valence-electron chi connectivity index (χ0n) is 12.6.